The first kappa shape index (κ1) is 28.0. The van der Waals surface area contributed by atoms with Crippen molar-refractivity contribution in [3.05, 3.63) is 71.8 Å². The molecule has 1 unspecified atom stereocenters. The van der Waals surface area contributed by atoms with Crippen molar-refractivity contribution in [3.8, 4) is 11.5 Å². The Balaban J connectivity index is 1.39. The van der Waals surface area contributed by atoms with Gasteiger partial charge in [-0.1, -0.05) is 77.2 Å². The second-order valence-corrected chi connectivity index (χ2v) is 10.5. The molecule has 36 heavy (non-hydrogen) atoms. The molecule has 2 aromatic rings. The maximum atomic E-state index is 12.6. The number of esters is 1. The van der Waals surface area contributed by atoms with Gasteiger partial charge in [0.2, 0.25) is 0 Å². The van der Waals surface area contributed by atoms with Gasteiger partial charge in [-0.3, -0.25) is 0 Å². The van der Waals surface area contributed by atoms with E-state index in [1.165, 1.54) is 69.8 Å². The number of benzene rings is 2. The van der Waals surface area contributed by atoms with Crippen molar-refractivity contribution in [3.63, 3.8) is 0 Å². The van der Waals surface area contributed by atoms with Crippen molar-refractivity contribution in [1.29, 1.82) is 0 Å². The predicted octanol–water partition coefficient (Wildman–Crippen LogP) is 9.52. The summed E-state index contributed by atoms with van der Waals surface area (Å²) in [7, 11) is 0. The summed E-state index contributed by atoms with van der Waals surface area (Å²) in [6.45, 7) is 7.51. The second kappa shape index (κ2) is 15.5. The Kier molecular flexibility index (Phi) is 12.1. The Morgan fingerprint density at radius 2 is 1.61 bits per heavy atom. The van der Waals surface area contributed by atoms with E-state index in [-0.39, 0.29) is 5.97 Å². The maximum Gasteiger partial charge on any atom is 0.343 e. The van der Waals surface area contributed by atoms with Gasteiger partial charge in [-0.25, -0.2) is 4.79 Å². The van der Waals surface area contributed by atoms with Gasteiger partial charge in [0, 0.05) is 0 Å². The Morgan fingerprint density at radius 1 is 0.917 bits per heavy atom. The van der Waals surface area contributed by atoms with Crippen LogP contribution in [0.3, 0.4) is 0 Å². The molecule has 0 radical (unpaired) electrons. The normalized spacial score (nSPS) is 18.8. The monoisotopic (exact) mass is 490 g/mol. The van der Waals surface area contributed by atoms with Crippen LogP contribution in [0.5, 0.6) is 11.5 Å². The number of unbranched alkanes of at least 4 members (excludes halogenated alkanes) is 3. The summed E-state index contributed by atoms with van der Waals surface area (Å²) in [6.07, 6.45) is 18.3. The molecule has 1 saturated carbocycles. The van der Waals surface area contributed by atoms with E-state index in [0.29, 0.717) is 23.8 Å². The predicted molar refractivity (Wildman–Crippen MR) is 150 cm³/mol. The van der Waals surface area contributed by atoms with Crippen LogP contribution >= 0.6 is 0 Å². The summed E-state index contributed by atoms with van der Waals surface area (Å²) in [5, 5.41) is 0. The molecular weight excluding hydrogens is 444 g/mol. The molecule has 196 valence electrons. The van der Waals surface area contributed by atoms with E-state index in [2.05, 4.69) is 45.1 Å². The summed E-state index contributed by atoms with van der Waals surface area (Å²) in [5.74, 6) is 3.23. The van der Waals surface area contributed by atoms with Crippen LogP contribution in [0.15, 0.2) is 60.7 Å². The van der Waals surface area contributed by atoms with Crippen LogP contribution in [-0.4, -0.2) is 12.6 Å². The van der Waals surface area contributed by atoms with Gasteiger partial charge < -0.3 is 9.47 Å². The minimum atomic E-state index is -0.335. The minimum Gasteiger partial charge on any atom is -0.494 e. The molecule has 0 spiro atoms. The van der Waals surface area contributed by atoms with Crippen molar-refractivity contribution in [2.24, 2.45) is 11.8 Å². The van der Waals surface area contributed by atoms with Crippen LogP contribution in [0.4, 0.5) is 0 Å². The van der Waals surface area contributed by atoms with Crippen LogP contribution in [0.2, 0.25) is 0 Å². The Hall–Kier alpha value is -2.55. The molecule has 0 saturated heterocycles. The molecule has 3 nitrogen and oxygen atoms in total. The summed E-state index contributed by atoms with van der Waals surface area (Å²) in [5.41, 5.74) is 1.89. The largest absolute Gasteiger partial charge is 0.494 e. The standard InChI is InChI=1S/C33H46O3/c1-4-6-8-12-27-13-15-28(16-14-27)29-17-23-32(24-18-29)36-33(34)30-19-21-31(22-20-30)35-25-10-7-9-11-26(3)5-2/h8,12,17-24,26-28H,4-7,9-11,13-16,25H2,1-3H3. The van der Waals surface area contributed by atoms with Gasteiger partial charge in [0.1, 0.15) is 11.5 Å². The number of carbonyl (C=O) groups is 1. The van der Waals surface area contributed by atoms with Gasteiger partial charge in [-0.05, 0) is 98.2 Å². The lowest BCUT2D eigenvalue weighted by Gasteiger charge is -2.27. The van der Waals surface area contributed by atoms with Gasteiger partial charge in [0.25, 0.3) is 0 Å². The van der Waals surface area contributed by atoms with Gasteiger partial charge in [0.15, 0.2) is 0 Å². The maximum absolute atomic E-state index is 12.6. The van der Waals surface area contributed by atoms with E-state index >= 15 is 0 Å². The highest BCUT2D eigenvalue weighted by Gasteiger charge is 2.21. The molecule has 0 heterocycles. The SMILES string of the molecule is CCCC=CC1CCC(c2ccc(OC(=O)c3ccc(OCCCCCC(C)CC)cc3)cc2)CC1. The molecule has 3 heteroatoms. The zero-order chi connectivity index (χ0) is 25.6. The fourth-order valence-corrected chi connectivity index (χ4v) is 4.93. The van der Waals surface area contributed by atoms with Gasteiger partial charge >= 0.3 is 5.97 Å². The zero-order valence-corrected chi connectivity index (χ0v) is 22.7. The van der Waals surface area contributed by atoms with Crippen LogP contribution in [0.1, 0.15) is 113 Å². The van der Waals surface area contributed by atoms with Crippen molar-refractivity contribution >= 4 is 5.97 Å². The van der Waals surface area contributed by atoms with E-state index in [0.717, 1.165) is 24.0 Å². The van der Waals surface area contributed by atoms with Gasteiger partial charge in [0.05, 0.1) is 12.2 Å². The quantitative estimate of drug-likeness (QED) is 0.114. The lowest BCUT2D eigenvalue weighted by Crippen LogP contribution is -2.12. The number of rotatable bonds is 14. The smallest absolute Gasteiger partial charge is 0.343 e. The third-order valence-corrected chi connectivity index (χ3v) is 7.59. The summed E-state index contributed by atoms with van der Waals surface area (Å²) < 4.78 is 11.5. The highest BCUT2D eigenvalue weighted by atomic mass is 16.5. The first-order chi connectivity index (χ1) is 17.6. The topological polar surface area (TPSA) is 35.5 Å². The molecule has 3 rings (SSSR count). The lowest BCUT2D eigenvalue weighted by molar-refractivity contribution is 0.0734. The number of carbonyl (C=O) groups excluding carboxylic acids is 1. The first-order valence-electron chi connectivity index (χ1n) is 14.3. The Bertz CT molecular complexity index is 905. The molecular formula is C33H46O3. The Morgan fingerprint density at radius 3 is 2.28 bits per heavy atom. The third kappa shape index (κ3) is 9.48. The average Bonchev–Trinajstić information content (AvgIpc) is 2.92. The molecule has 1 fully saturated rings. The van der Waals surface area contributed by atoms with E-state index < -0.39 is 0 Å². The number of ether oxygens (including phenoxy) is 2. The molecule has 0 N–H and O–H groups in total. The summed E-state index contributed by atoms with van der Waals surface area (Å²) >= 11 is 0. The van der Waals surface area contributed by atoms with Crippen LogP contribution < -0.4 is 9.47 Å². The van der Waals surface area contributed by atoms with Crippen LogP contribution in [0.25, 0.3) is 0 Å². The van der Waals surface area contributed by atoms with Crippen molar-refractivity contribution < 1.29 is 14.3 Å². The Labute approximate surface area is 219 Å². The van der Waals surface area contributed by atoms with Crippen molar-refractivity contribution in [2.45, 2.75) is 97.3 Å². The average molecular weight is 491 g/mol. The summed E-state index contributed by atoms with van der Waals surface area (Å²) in [6, 6.07) is 15.4. The lowest BCUT2D eigenvalue weighted by atomic mass is 9.78. The van der Waals surface area contributed by atoms with E-state index in [9.17, 15) is 4.79 Å². The molecule has 1 atom stereocenters. The van der Waals surface area contributed by atoms with Crippen molar-refractivity contribution in [2.75, 3.05) is 6.61 Å². The van der Waals surface area contributed by atoms with Crippen LogP contribution in [-0.2, 0) is 0 Å². The molecule has 0 amide bonds. The fourth-order valence-electron chi connectivity index (χ4n) is 4.93. The van der Waals surface area contributed by atoms with Gasteiger partial charge in [-0.2, -0.15) is 0 Å². The zero-order valence-electron chi connectivity index (χ0n) is 22.7. The molecule has 2 aromatic carbocycles. The van der Waals surface area contributed by atoms with Crippen molar-refractivity contribution in [1.82, 2.24) is 0 Å². The number of hydrogen-bond acceptors (Lipinski definition) is 3. The molecule has 0 bridgehead atoms. The van der Waals surface area contributed by atoms with E-state index in [4.69, 9.17) is 9.47 Å². The second-order valence-electron chi connectivity index (χ2n) is 10.5. The fraction of sp³-hybridized carbons (Fsp3) is 0.545. The molecule has 1 aliphatic rings. The summed E-state index contributed by atoms with van der Waals surface area (Å²) in [4.78, 5) is 12.6. The molecule has 1 aliphatic carbocycles. The van der Waals surface area contributed by atoms with Gasteiger partial charge in [-0.15, -0.1) is 0 Å². The molecule has 0 aromatic heterocycles. The molecule has 0 aliphatic heterocycles. The first-order valence-corrected chi connectivity index (χ1v) is 14.3. The van der Waals surface area contributed by atoms with Crippen LogP contribution in [0, 0.1) is 11.8 Å². The highest BCUT2D eigenvalue weighted by Crippen LogP contribution is 2.37. The number of allylic oxidation sites excluding steroid dienone is 2. The van der Waals surface area contributed by atoms with E-state index in [1.54, 1.807) is 12.1 Å². The third-order valence-electron chi connectivity index (χ3n) is 7.59. The van der Waals surface area contributed by atoms with E-state index in [1.807, 2.05) is 24.3 Å². The highest BCUT2D eigenvalue weighted by molar-refractivity contribution is 5.91. The minimum absolute atomic E-state index is 0.335. The number of hydrogen-bond donors (Lipinski definition) is 0.